The first-order valence-corrected chi connectivity index (χ1v) is 8.68. The average Bonchev–Trinajstić information content (AvgIpc) is 3.15. The van der Waals surface area contributed by atoms with Crippen molar-refractivity contribution in [2.45, 2.75) is 26.7 Å². The predicted molar refractivity (Wildman–Crippen MR) is 101 cm³/mol. The smallest absolute Gasteiger partial charge is 0.174 e. The van der Waals surface area contributed by atoms with Crippen molar-refractivity contribution in [2.24, 2.45) is 0 Å². The summed E-state index contributed by atoms with van der Waals surface area (Å²) in [5, 5.41) is 7.00. The van der Waals surface area contributed by atoms with Crippen LogP contribution < -0.4 is 0 Å². The molecule has 2 aromatic carbocycles. The fourth-order valence-electron chi connectivity index (χ4n) is 2.97. The van der Waals surface area contributed by atoms with Crippen LogP contribution in [0.3, 0.4) is 0 Å². The maximum Gasteiger partial charge on any atom is 0.174 e. The van der Waals surface area contributed by atoms with Gasteiger partial charge in [-0.2, -0.15) is 5.10 Å². The Hall–Kier alpha value is -3.01. The maximum atomic E-state index is 4.82. The molecule has 124 valence electrons. The second kappa shape index (κ2) is 6.48. The van der Waals surface area contributed by atoms with Crippen molar-refractivity contribution in [3.63, 3.8) is 0 Å². The Labute approximate surface area is 147 Å². The number of H-pyrrole nitrogens is 1. The molecule has 0 aliphatic rings. The fourth-order valence-corrected chi connectivity index (χ4v) is 2.97. The molecule has 2 aromatic heterocycles. The molecule has 4 rings (SSSR count). The van der Waals surface area contributed by atoms with E-state index in [1.165, 1.54) is 11.1 Å². The number of nitrogens with zero attached hydrogens (tertiary/aromatic N) is 3. The van der Waals surface area contributed by atoms with Crippen LogP contribution in [0.1, 0.15) is 25.0 Å². The van der Waals surface area contributed by atoms with E-state index < -0.39 is 0 Å². The molecule has 0 unspecified atom stereocenters. The monoisotopic (exact) mass is 328 g/mol. The zero-order chi connectivity index (χ0) is 17.2. The van der Waals surface area contributed by atoms with E-state index in [1.807, 2.05) is 0 Å². The summed E-state index contributed by atoms with van der Waals surface area (Å²) >= 11 is 0. The molecule has 0 spiro atoms. The zero-order valence-corrected chi connectivity index (χ0v) is 14.5. The minimum atomic E-state index is 0.712. The van der Waals surface area contributed by atoms with Crippen LogP contribution >= 0.6 is 0 Å². The average molecular weight is 328 g/mol. The Kier molecular flexibility index (Phi) is 4.02. The number of aromatic nitrogens is 4. The third-order valence-corrected chi connectivity index (χ3v) is 4.55. The summed E-state index contributed by atoms with van der Waals surface area (Å²) in [5.74, 6) is 0. The van der Waals surface area contributed by atoms with Crippen LogP contribution in [-0.4, -0.2) is 20.2 Å². The lowest BCUT2D eigenvalue weighted by Crippen LogP contribution is -1.95. The van der Waals surface area contributed by atoms with Gasteiger partial charge in [0.1, 0.15) is 5.52 Å². The van der Waals surface area contributed by atoms with Crippen LogP contribution in [0.2, 0.25) is 0 Å². The molecule has 0 bridgehead atoms. The number of aromatic amines is 1. The summed E-state index contributed by atoms with van der Waals surface area (Å²) < 4.78 is 0. The molecule has 0 saturated carbocycles. The lowest BCUT2D eigenvalue weighted by atomic mass is 10.0. The first kappa shape index (κ1) is 15.5. The van der Waals surface area contributed by atoms with Crippen molar-refractivity contribution in [2.75, 3.05) is 0 Å². The van der Waals surface area contributed by atoms with E-state index in [0.717, 1.165) is 40.9 Å². The van der Waals surface area contributed by atoms with E-state index in [1.54, 1.807) is 6.20 Å². The standard InChI is InChI=1S/C21H20N4/c1-3-14-5-9-16(10-6-14)19-20(17-11-7-15(4-2)8-12-17)24-21-18(23-19)13-22-25-21/h5-13H,3-4H2,1-2H3,(H,22,24,25). The number of hydrogen-bond donors (Lipinski definition) is 1. The molecular formula is C21H20N4. The van der Waals surface area contributed by atoms with E-state index in [-0.39, 0.29) is 0 Å². The molecule has 0 fully saturated rings. The van der Waals surface area contributed by atoms with Crippen LogP contribution in [0.4, 0.5) is 0 Å². The number of aryl methyl sites for hydroxylation is 2. The molecule has 4 nitrogen and oxygen atoms in total. The molecule has 0 amide bonds. The topological polar surface area (TPSA) is 54.5 Å². The second-order valence-corrected chi connectivity index (χ2v) is 6.13. The van der Waals surface area contributed by atoms with Gasteiger partial charge < -0.3 is 0 Å². The van der Waals surface area contributed by atoms with Crippen molar-refractivity contribution in [3.05, 3.63) is 65.9 Å². The Morgan fingerprint density at radius 1 is 0.720 bits per heavy atom. The molecule has 0 aliphatic heterocycles. The zero-order valence-electron chi connectivity index (χ0n) is 14.5. The van der Waals surface area contributed by atoms with Gasteiger partial charge in [-0.15, -0.1) is 0 Å². The van der Waals surface area contributed by atoms with Crippen molar-refractivity contribution in [3.8, 4) is 22.5 Å². The third kappa shape index (κ3) is 2.91. The summed E-state index contributed by atoms with van der Waals surface area (Å²) in [6, 6.07) is 17.1. The van der Waals surface area contributed by atoms with Gasteiger partial charge in [-0.25, -0.2) is 9.97 Å². The molecule has 4 heteroatoms. The van der Waals surface area contributed by atoms with Crippen LogP contribution in [0, 0.1) is 0 Å². The molecule has 1 N–H and O–H groups in total. The van der Waals surface area contributed by atoms with Crippen LogP contribution in [-0.2, 0) is 12.8 Å². The van der Waals surface area contributed by atoms with Gasteiger partial charge in [-0.1, -0.05) is 62.4 Å². The van der Waals surface area contributed by atoms with E-state index in [0.29, 0.717) is 5.65 Å². The van der Waals surface area contributed by atoms with E-state index in [2.05, 4.69) is 72.6 Å². The summed E-state index contributed by atoms with van der Waals surface area (Å²) in [6.07, 6.45) is 3.77. The Morgan fingerprint density at radius 2 is 1.24 bits per heavy atom. The highest BCUT2D eigenvalue weighted by molar-refractivity contribution is 5.84. The van der Waals surface area contributed by atoms with Gasteiger partial charge in [-0.3, -0.25) is 5.10 Å². The normalized spacial score (nSPS) is 11.1. The van der Waals surface area contributed by atoms with Crippen LogP contribution in [0.25, 0.3) is 33.7 Å². The van der Waals surface area contributed by atoms with Gasteiger partial charge in [-0.05, 0) is 24.0 Å². The van der Waals surface area contributed by atoms with Gasteiger partial charge in [0.25, 0.3) is 0 Å². The van der Waals surface area contributed by atoms with Gasteiger partial charge >= 0.3 is 0 Å². The highest BCUT2D eigenvalue weighted by atomic mass is 15.2. The minimum Gasteiger partial charge on any atom is -0.259 e. The van der Waals surface area contributed by atoms with Crippen molar-refractivity contribution >= 4 is 11.2 Å². The summed E-state index contributed by atoms with van der Waals surface area (Å²) in [4.78, 5) is 9.62. The Balaban J connectivity index is 1.90. The Morgan fingerprint density at radius 3 is 1.76 bits per heavy atom. The predicted octanol–water partition coefficient (Wildman–Crippen LogP) is 4.81. The number of hydrogen-bond acceptors (Lipinski definition) is 3. The van der Waals surface area contributed by atoms with E-state index in [9.17, 15) is 0 Å². The van der Waals surface area contributed by atoms with Gasteiger partial charge in [0.05, 0.1) is 17.6 Å². The molecule has 25 heavy (non-hydrogen) atoms. The first-order valence-electron chi connectivity index (χ1n) is 8.68. The number of rotatable bonds is 4. The van der Waals surface area contributed by atoms with Crippen molar-refractivity contribution in [1.82, 2.24) is 20.2 Å². The summed E-state index contributed by atoms with van der Waals surface area (Å²) in [6.45, 7) is 4.32. The van der Waals surface area contributed by atoms with Gasteiger partial charge in [0.15, 0.2) is 5.65 Å². The fraction of sp³-hybridized carbons (Fsp3) is 0.190. The molecule has 0 atom stereocenters. The second-order valence-electron chi connectivity index (χ2n) is 6.13. The SMILES string of the molecule is CCc1ccc(-c2nc3cn[nH]c3nc2-c2ccc(CC)cc2)cc1. The lowest BCUT2D eigenvalue weighted by Gasteiger charge is -2.10. The first-order chi connectivity index (χ1) is 12.3. The molecule has 0 radical (unpaired) electrons. The number of benzene rings is 2. The largest absolute Gasteiger partial charge is 0.259 e. The van der Waals surface area contributed by atoms with Crippen molar-refractivity contribution in [1.29, 1.82) is 0 Å². The number of nitrogens with one attached hydrogen (secondary N) is 1. The van der Waals surface area contributed by atoms with Gasteiger partial charge in [0, 0.05) is 11.1 Å². The highest BCUT2D eigenvalue weighted by Gasteiger charge is 2.14. The maximum absolute atomic E-state index is 4.82. The number of fused-ring (bicyclic) bond motifs is 1. The third-order valence-electron chi connectivity index (χ3n) is 4.55. The Bertz CT molecular complexity index is 917. The highest BCUT2D eigenvalue weighted by Crippen LogP contribution is 2.31. The lowest BCUT2D eigenvalue weighted by molar-refractivity contribution is 1.10. The molecule has 4 aromatic rings. The van der Waals surface area contributed by atoms with Crippen molar-refractivity contribution < 1.29 is 0 Å². The van der Waals surface area contributed by atoms with Crippen LogP contribution in [0.15, 0.2) is 54.7 Å². The van der Waals surface area contributed by atoms with Gasteiger partial charge in [0.2, 0.25) is 0 Å². The quantitative estimate of drug-likeness (QED) is 0.585. The molecule has 0 aliphatic carbocycles. The van der Waals surface area contributed by atoms with E-state index in [4.69, 9.17) is 9.97 Å². The molecule has 0 saturated heterocycles. The molecule has 2 heterocycles. The summed E-state index contributed by atoms with van der Waals surface area (Å²) in [5.41, 5.74) is 8.03. The summed E-state index contributed by atoms with van der Waals surface area (Å²) in [7, 11) is 0. The van der Waals surface area contributed by atoms with Crippen LogP contribution in [0.5, 0.6) is 0 Å². The molecular weight excluding hydrogens is 308 g/mol. The van der Waals surface area contributed by atoms with E-state index >= 15 is 0 Å². The minimum absolute atomic E-state index is 0.712.